The van der Waals surface area contributed by atoms with Gasteiger partial charge in [0, 0.05) is 40.5 Å². The van der Waals surface area contributed by atoms with Gasteiger partial charge in [0.25, 0.3) is 5.56 Å². The van der Waals surface area contributed by atoms with Crippen molar-refractivity contribution in [3.63, 3.8) is 0 Å². The molecule has 0 amide bonds. The summed E-state index contributed by atoms with van der Waals surface area (Å²) in [6.45, 7) is 2.81. The van der Waals surface area contributed by atoms with Crippen molar-refractivity contribution in [3.05, 3.63) is 75.3 Å². The summed E-state index contributed by atoms with van der Waals surface area (Å²) in [6, 6.07) is 13.5. The molecule has 6 heteroatoms. The first-order valence-corrected chi connectivity index (χ1v) is 9.52. The molecule has 1 saturated carbocycles. The van der Waals surface area contributed by atoms with E-state index in [0.29, 0.717) is 5.82 Å². The van der Waals surface area contributed by atoms with Crippen molar-refractivity contribution in [2.45, 2.75) is 31.6 Å². The van der Waals surface area contributed by atoms with Gasteiger partial charge in [-0.2, -0.15) is 0 Å². The number of benzene rings is 1. The fraction of sp³-hybridized carbons (Fsp3) is 0.286. The van der Waals surface area contributed by atoms with Crippen LogP contribution < -0.4 is 10.9 Å². The molecule has 0 unspecified atom stereocenters. The van der Waals surface area contributed by atoms with E-state index in [1.807, 2.05) is 31.2 Å². The predicted molar refractivity (Wildman–Crippen MR) is 108 cm³/mol. The van der Waals surface area contributed by atoms with E-state index in [-0.39, 0.29) is 11.0 Å². The zero-order chi connectivity index (χ0) is 18.9. The third-order valence-corrected chi connectivity index (χ3v) is 5.36. The maximum Gasteiger partial charge on any atom is 0.251 e. The van der Waals surface area contributed by atoms with Crippen LogP contribution in [-0.2, 0) is 11.8 Å². The van der Waals surface area contributed by atoms with Gasteiger partial charge in [-0.3, -0.25) is 4.79 Å². The molecular formula is C21H21ClN4O. The molecule has 5 nitrogen and oxygen atoms in total. The van der Waals surface area contributed by atoms with Crippen molar-refractivity contribution in [1.29, 1.82) is 0 Å². The molecule has 3 aromatic rings. The number of aromatic nitrogens is 3. The van der Waals surface area contributed by atoms with E-state index in [1.165, 1.54) is 11.6 Å². The minimum Gasteiger partial charge on any atom is -0.369 e. The molecule has 0 saturated heterocycles. The predicted octanol–water partition coefficient (Wildman–Crippen LogP) is 4.19. The Morgan fingerprint density at radius 3 is 2.59 bits per heavy atom. The number of nitrogens with zero attached hydrogens (tertiary/aromatic N) is 2. The lowest BCUT2D eigenvalue weighted by Crippen LogP contribution is -2.20. The Balaban J connectivity index is 1.46. The molecular weight excluding hydrogens is 360 g/mol. The molecule has 0 aliphatic heterocycles. The summed E-state index contributed by atoms with van der Waals surface area (Å²) in [4.78, 5) is 23.5. The molecule has 0 atom stereocenters. The van der Waals surface area contributed by atoms with Gasteiger partial charge in [-0.15, -0.1) is 0 Å². The second-order valence-corrected chi connectivity index (χ2v) is 7.45. The van der Waals surface area contributed by atoms with Crippen molar-refractivity contribution in [2.75, 3.05) is 11.9 Å². The minimum atomic E-state index is -0.141. The van der Waals surface area contributed by atoms with Gasteiger partial charge < -0.3 is 10.3 Å². The maximum atomic E-state index is 11.7. The van der Waals surface area contributed by atoms with Gasteiger partial charge in [-0.1, -0.05) is 30.7 Å². The van der Waals surface area contributed by atoms with Gasteiger partial charge in [0.15, 0.2) is 0 Å². The number of hydrogen-bond acceptors (Lipinski definition) is 4. The molecule has 0 spiro atoms. The van der Waals surface area contributed by atoms with Crippen LogP contribution in [0.2, 0.25) is 5.02 Å². The molecule has 1 fully saturated rings. The van der Waals surface area contributed by atoms with Crippen molar-refractivity contribution in [3.8, 4) is 11.4 Å². The molecule has 2 aromatic heterocycles. The lowest BCUT2D eigenvalue weighted by Gasteiger charge is -2.17. The zero-order valence-corrected chi connectivity index (χ0v) is 15.9. The molecule has 1 aliphatic carbocycles. The number of nitrogens with one attached hydrogen (secondary N) is 2. The number of H-pyrrole nitrogens is 1. The average molecular weight is 381 g/mol. The molecule has 2 heterocycles. The van der Waals surface area contributed by atoms with E-state index >= 15 is 0 Å². The van der Waals surface area contributed by atoms with Crippen LogP contribution in [0.15, 0.2) is 53.5 Å². The van der Waals surface area contributed by atoms with Crippen LogP contribution in [-0.4, -0.2) is 21.5 Å². The summed E-state index contributed by atoms with van der Waals surface area (Å²) >= 11 is 6.00. The standard InChI is InChI=1S/C21H21ClN4O/c1-2-17-11-19(27)26-20(25-17)14-3-8-18(23-12-14)24-13-21(9-10-21)15-4-6-16(22)7-5-15/h3-8,11-12H,2,9-10,13H2,1H3,(H,23,24)(H,25,26,27). The van der Waals surface area contributed by atoms with Gasteiger partial charge in [0.05, 0.1) is 0 Å². The largest absolute Gasteiger partial charge is 0.369 e. The van der Waals surface area contributed by atoms with E-state index < -0.39 is 0 Å². The normalized spacial score (nSPS) is 14.7. The zero-order valence-electron chi connectivity index (χ0n) is 15.1. The van der Waals surface area contributed by atoms with Crippen molar-refractivity contribution in [1.82, 2.24) is 15.0 Å². The van der Waals surface area contributed by atoms with Crippen LogP contribution in [0, 0.1) is 0 Å². The third-order valence-electron chi connectivity index (χ3n) is 5.11. The highest BCUT2D eigenvalue weighted by molar-refractivity contribution is 6.30. The Morgan fingerprint density at radius 1 is 1.19 bits per heavy atom. The van der Waals surface area contributed by atoms with Crippen molar-refractivity contribution < 1.29 is 0 Å². The van der Waals surface area contributed by atoms with E-state index in [0.717, 1.165) is 47.9 Å². The highest BCUT2D eigenvalue weighted by Gasteiger charge is 2.43. The summed E-state index contributed by atoms with van der Waals surface area (Å²) in [6.07, 6.45) is 4.78. The summed E-state index contributed by atoms with van der Waals surface area (Å²) in [7, 11) is 0. The molecule has 1 aliphatic rings. The monoisotopic (exact) mass is 380 g/mol. The molecule has 0 bridgehead atoms. The smallest absolute Gasteiger partial charge is 0.251 e. The van der Waals surface area contributed by atoms with Crippen LogP contribution in [0.4, 0.5) is 5.82 Å². The van der Waals surface area contributed by atoms with Crippen molar-refractivity contribution >= 4 is 17.4 Å². The molecule has 0 radical (unpaired) electrons. The minimum absolute atomic E-state index is 0.141. The lowest BCUT2D eigenvalue weighted by atomic mass is 9.96. The highest BCUT2D eigenvalue weighted by atomic mass is 35.5. The fourth-order valence-corrected chi connectivity index (χ4v) is 3.37. The second-order valence-electron chi connectivity index (χ2n) is 7.01. The number of aryl methyl sites for hydroxylation is 1. The first-order chi connectivity index (χ1) is 13.1. The Kier molecular flexibility index (Phi) is 4.70. The molecule has 138 valence electrons. The Hall–Kier alpha value is -2.66. The number of aromatic amines is 1. The topological polar surface area (TPSA) is 70.7 Å². The quantitative estimate of drug-likeness (QED) is 0.672. The SMILES string of the molecule is CCc1cc(=O)[nH]c(-c2ccc(NCC3(c4ccc(Cl)cc4)CC3)nc2)n1. The van der Waals surface area contributed by atoms with Gasteiger partial charge in [0.1, 0.15) is 11.6 Å². The highest BCUT2D eigenvalue weighted by Crippen LogP contribution is 2.48. The van der Waals surface area contributed by atoms with Gasteiger partial charge in [-0.05, 0) is 49.1 Å². The fourth-order valence-electron chi connectivity index (χ4n) is 3.25. The van der Waals surface area contributed by atoms with Crippen LogP contribution in [0.25, 0.3) is 11.4 Å². The number of pyridine rings is 1. The first kappa shape index (κ1) is 17.7. The molecule has 4 rings (SSSR count). The average Bonchev–Trinajstić information content (AvgIpc) is 3.48. The second kappa shape index (κ2) is 7.16. The molecule has 2 N–H and O–H groups in total. The number of rotatable bonds is 6. The van der Waals surface area contributed by atoms with Gasteiger partial charge in [0.2, 0.25) is 0 Å². The maximum absolute atomic E-state index is 11.7. The summed E-state index contributed by atoms with van der Waals surface area (Å²) in [5.74, 6) is 1.37. The van der Waals surface area contributed by atoms with Crippen molar-refractivity contribution in [2.24, 2.45) is 0 Å². The lowest BCUT2D eigenvalue weighted by molar-refractivity contribution is 0.730. The van der Waals surface area contributed by atoms with Crippen LogP contribution in [0.1, 0.15) is 31.0 Å². The van der Waals surface area contributed by atoms with Gasteiger partial charge in [-0.25, -0.2) is 9.97 Å². The third kappa shape index (κ3) is 3.88. The number of anilines is 1. The summed E-state index contributed by atoms with van der Waals surface area (Å²) in [5.41, 5.74) is 2.92. The first-order valence-electron chi connectivity index (χ1n) is 9.15. The van der Waals surface area contributed by atoms with E-state index in [9.17, 15) is 4.79 Å². The summed E-state index contributed by atoms with van der Waals surface area (Å²) in [5, 5.41) is 4.20. The van der Waals surface area contributed by atoms with E-state index in [1.54, 1.807) is 6.20 Å². The van der Waals surface area contributed by atoms with E-state index in [4.69, 9.17) is 11.6 Å². The van der Waals surface area contributed by atoms with Crippen LogP contribution in [0.3, 0.4) is 0 Å². The Labute approximate surface area is 162 Å². The Bertz CT molecular complexity index is 992. The summed E-state index contributed by atoms with van der Waals surface area (Å²) < 4.78 is 0. The molecule has 1 aromatic carbocycles. The van der Waals surface area contributed by atoms with Crippen LogP contribution in [0.5, 0.6) is 0 Å². The Morgan fingerprint density at radius 2 is 1.96 bits per heavy atom. The van der Waals surface area contributed by atoms with Crippen LogP contribution >= 0.6 is 11.6 Å². The van der Waals surface area contributed by atoms with E-state index in [2.05, 4.69) is 32.4 Å². The van der Waals surface area contributed by atoms with Gasteiger partial charge >= 0.3 is 0 Å². The molecule has 27 heavy (non-hydrogen) atoms. The number of hydrogen-bond donors (Lipinski definition) is 2. The number of halogens is 1.